The van der Waals surface area contributed by atoms with Crippen LogP contribution in [0.1, 0.15) is 24.2 Å². The molecule has 5 rings (SSSR count). The first kappa shape index (κ1) is 18.2. The Bertz CT molecular complexity index is 1200. The van der Waals surface area contributed by atoms with Crippen LogP contribution in [0.3, 0.4) is 0 Å². The Morgan fingerprint density at radius 2 is 1.87 bits per heavy atom. The van der Waals surface area contributed by atoms with E-state index in [2.05, 4.69) is 32.4 Å². The van der Waals surface area contributed by atoms with Crippen molar-refractivity contribution in [2.75, 3.05) is 6.54 Å². The molecule has 0 spiro atoms. The van der Waals surface area contributed by atoms with Gasteiger partial charge in [-0.15, -0.1) is 0 Å². The van der Waals surface area contributed by atoms with Crippen LogP contribution >= 0.6 is 0 Å². The molecule has 1 atom stereocenters. The number of aromatic amines is 1. The van der Waals surface area contributed by atoms with Gasteiger partial charge in [0.05, 0.1) is 0 Å². The number of aliphatic hydroxyl groups is 1. The summed E-state index contributed by atoms with van der Waals surface area (Å²) in [5.74, 6) is 1.05. The Labute approximate surface area is 174 Å². The normalized spacial score (nSPS) is 18.3. The monoisotopic (exact) mass is 398 g/mol. The third-order valence-corrected chi connectivity index (χ3v) is 5.22. The molecule has 3 N–H and O–H groups in total. The van der Waals surface area contributed by atoms with Crippen molar-refractivity contribution in [3.05, 3.63) is 83.9 Å². The minimum Gasteiger partial charge on any atom is -0.494 e. The van der Waals surface area contributed by atoms with Gasteiger partial charge >= 0.3 is 0 Å². The minimum atomic E-state index is -0.428. The van der Waals surface area contributed by atoms with Gasteiger partial charge in [-0.2, -0.15) is 4.99 Å². The molecule has 0 fully saturated rings. The molecule has 0 bridgehead atoms. The van der Waals surface area contributed by atoms with Gasteiger partial charge < -0.3 is 15.4 Å². The number of para-hydroxylation sites is 1. The van der Waals surface area contributed by atoms with Crippen molar-refractivity contribution in [1.82, 2.24) is 15.2 Å². The fourth-order valence-electron chi connectivity index (χ4n) is 3.79. The van der Waals surface area contributed by atoms with E-state index in [1.807, 2.05) is 55.6 Å². The topological polar surface area (TPSA) is 88.4 Å². The van der Waals surface area contributed by atoms with Crippen molar-refractivity contribution in [3.63, 3.8) is 0 Å². The van der Waals surface area contributed by atoms with E-state index in [-0.39, 0.29) is 5.88 Å². The molecule has 150 valence electrons. The zero-order chi connectivity index (χ0) is 20.5. The average Bonchev–Trinajstić information content (AvgIpc) is 3.17. The van der Waals surface area contributed by atoms with E-state index in [1.54, 1.807) is 11.0 Å². The number of aromatic nitrogens is 1. The predicted molar refractivity (Wildman–Crippen MR) is 120 cm³/mol. The lowest BCUT2D eigenvalue weighted by Gasteiger charge is -2.34. The lowest BCUT2D eigenvalue weighted by Crippen LogP contribution is -2.41. The lowest BCUT2D eigenvalue weighted by atomic mass is 10.1. The Balaban J connectivity index is 1.39. The first-order valence-electron chi connectivity index (χ1n) is 9.94. The van der Waals surface area contributed by atoms with Gasteiger partial charge in [0.15, 0.2) is 12.0 Å². The molecular formula is C23H22N6O. The number of rotatable bonds is 4. The van der Waals surface area contributed by atoms with Crippen LogP contribution < -0.4 is 5.32 Å². The van der Waals surface area contributed by atoms with E-state index in [4.69, 9.17) is 4.99 Å². The van der Waals surface area contributed by atoms with Gasteiger partial charge in [-0.3, -0.25) is 4.90 Å². The summed E-state index contributed by atoms with van der Waals surface area (Å²) in [6, 6.07) is 18.1. The lowest BCUT2D eigenvalue weighted by molar-refractivity contribution is 0.227. The molecular weight excluding hydrogens is 376 g/mol. The largest absolute Gasteiger partial charge is 0.494 e. The molecule has 7 heteroatoms. The number of aliphatic hydroxyl groups excluding tert-OH is 1. The number of guanidine groups is 2. The van der Waals surface area contributed by atoms with E-state index in [0.29, 0.717) is 24.2 Å². The summed E-state index contributed by atoms with van der Waals surface area (Å²) in [4.78, 5) is 18.8. The van der Waals surface area contributed by atoms with Gasteiger partial charge in [-0.1, -0.05) is 48.5 Å². The first-order valence-corrected chi connectivity index (χ1v) is 9.94. The van der Waals surface area contributed by atoms with Crippen LogP contribution in [-0.2, 0) is 6.42 Å². The highest BCUT2D eigenvalue weighted by molar-refractivity contribution is 6.08. The molecule has 3 heterocycles. The van der Waals surface area contributed by atoms with Crippen molar-refractivity contribution < 1.29 is 5.11 Å². The molecule has 3 aromatic rings. The quantitative estimate of drug-likeness (QED) is 0.623. The Kier molecular flexibility index (Phi) is 4.55. The third kappa shape index (κ3) is 3.34. The number of H-pyrrole nitrogens is 1. The van der Waals surface area contributed by atoms with Crippen molar-refractivity contribution >= 4 is 28.5 Å². The smallest absolute Gasteiger partial charge is 0.237 e. The first-order chi connectivity index (χ1) is 14.7. The van der Waals surface area contributed by atoms with Crippen LogP contribution in [0.5, 0.6) is 0 Å². The van der Waals surface area contributed by atoms with E-state index in [1.165, 1.54) is 10.9 Å². The number of hydrogen-bond acceptors (Lipinski definition) is 6. The molecule has 0 aliphatic carbocycles. The molecule has 0 amide bonds. The number of fused-ring (bicyclic) bond motifs is 2. The average molecular weight is 398 g/mol. The third-order valence-electron chi connectivity index (χ3n) is 5.22. The molecule has 0 saturated heterocycles. The highest BCUT2D eigenvalue weighted by Crippen LogP contribution is 2.30. The molecule has 7 nitrogen and oxygen atoms in total. The Hall–Kier alpha value is -3.87. The van der Waals surface area contributed by atoms with Crippen molar-refractivity contribution in [1.29, 1.82) is 0 Å². The summed E-state index contributed by atoms with van der Waals surface area (Å²) in [7, 11) is 0. The number of allylic oxidation sites excluding steroid dienone is 1. The molecule has 2 aromatic carbocycles. The maximum Gasteiger partial charge on any atom is 0.237 e. The van der Waals surface area contributed by atoms with Crippen molar-refractivity contribution in [3.8, 4) is 0 Å². The van der Waals surface area contributed by atoms with Crippen LogP contribution in [0, 0.1) is 0 Å². The van der Waals surface area contributed by atoms with Crippen LogP contribution in [0.15, 0.2) is 87.7 Å². The van der Waals surface area contributed by atoms with Crippen molar-refractivity contribution in [2.45, 2.75) is 19.5 Å². The van der Waals surface area contributed by atoms with Crippen LogP contribution in [0.4, 0.5) is 0 Å². The maximum atomic E-state index is 10.5. The van der Waals surface area contributed by atoms with Gasteiger partial charge in [0.2, 0.25) is 11.9 Å². The zero-order valence-corrected chi connectivity index (χ0v) is 16.6. The fourth-order valence-corrected chi connectivity index (χ4v) is 3.79. The van der Waals surface area contributed by atoms with Gasteiger partial charge in [0.1, 0.15) is 0 Å². The van der Waals surface area contributed by atoms with Gasteiger partial charge in [-0.05, 0) is 30.5 Å². The highest BCUT2D eigenvalue weighted by atomic mass is 16.3. The Morgan fingerprint density at radius 1 is 1.07 bits per heavy atom. The number of nitrogens with one attached hydrogen (secondary N) is 2. The minimum absolute atomic E-state index is 0.0942. The summed E-state index contributed by atoms with van der Waals surface area (Å²) < 4.78 is 0. The van der Waals surface area contributed by atoms with Crippen LogP contribution in [-0.4, -0.2) is 39.2 Å². The maximum absolute atomic E-state index is 10.5. The van der Waals surface area contributed by atoms with E-state index < -0.39 is 6.17 Å². The predicted octanol–water partition coefficient (Wildman–Crippen LogP) is 3.90. The highest BCUT2D eigenvalue weighted by Gasteiger charge is 2.32. The summed E-state index contributed by atoms with van der Waals surface area (Å²) in [6.45, 7) is 2.52. The van der Waals surface area contributed by atoms with E-state index in [9.17, 15) is 5.11 Å². The van der Waals surface area contributed by atoms with E-state index in [0.717, 1.165) is 17.5 Å². The molecule has 0 saturated carbocycles. The molecule has 30 heavy (non-hydrogen) atoms. The molecule has 2 aliphatic heterocycles. The number of hydrogen-bond donors (Lipinski definition) is 3. The second-order valence-electron chi connectivity index (χ2n) is 7.31. The molecule has 1 unspecified atom stereocenters. The second kappa shape index (κ2) is 7.51. The van der Waals surface area contributed by atoms with Gasteiger partial charge in [0.25, 0.3) is 0 Å². The summed E-state index contributed by atoms with van der Waals surface area (Å²) in [6.07, 6.45) is 4.08. The van der Waals surface area contributed by atoms with Crippen LogP contribution in [0.25, 0.3) is 10.9 Å². The number of benzene rings is 2. The Morgan fingerprint density at radius 3 is 2.73 bits per heavy atom. The second-order valence-corrected chi connectivity index (χ2v) is 7.31. The fraction of sp³-hybridized carbons (Fsp3) is 0.174. The molecule has 2 aliphatic rings. The van der Waals surface area contributed by atoms with Gasteiger partial charge in [-0.25, -0.2) is 9.98 Å². The van der Waals surface area contributed by atoms with Crippen LogP contribution in [0.2, 0.25) is 0 Å². The summed E-state index contributed by atoms with van der Waals surface area (Å²) >= 11 is 0. The molecule has 0 radical (unpaired) electrons. The summed E-state index contributed by atoms with van der Waals surface area (Å²) in [5, 5.41) is 15.1. The zero-order valence-electron chi connectivity index (χ0n) is 16.6. The van der Waals surface area contributed by atoms with Gasteiger partial charge in [0, 0.05) is 35.4 Å². The van der Waals surface area contributed by atoms with Crippen molar-refractivity contribution in [2.24, 2.45) is 15.0 Å². The number of aliphatic imine (C=N–C) groups is 3. The summed E-state index contributed by atoms with van der Waals surface area (Å²) in [5.41, 5.74) is 4.04. The molecule has 1 aromatic heterocycles. The van der Waals surface area contributed by atoms with E-state index >= 15 is 0 Å². The SMILES string of the molecule is CC1=NC2=NC(NCCc3c[nH]c4ccccc34)=NC(c3ccccc3)N2C(O)=C1. The number of nitrogens with zero attached hydrogens (tertiary/aromatic N) is 4. The standard InChI is InChI=1S/C23H22N6O/c1-15-13-20(30)29-21(16-7-3-2-4-8-16)27-22(28-23(29)26-15)24-12-11-17-14-25-19-10-6-5-9-18(17)19/h2-10,13-14,21,25,30H,11-12H2,1H3,(H,24,27).